The maximum absolute atomic E-state index is 6.23. The van der Waals surface area contributed by atoms with Crippen LogP contribution in [0.4, 0.5) is 0 Å². The van der Waals surface area contributed by atoms with Crippen molar-refractivity contribution in [3.8, 4) is 0 Å². The van der Waals surface area contributed by atoms with Crippen LogP contribution in [0.2, 0.25) is 0 Å². The molecule has 0 amide bonds. The van der Waals surface area contributed by atoms with Crippen LogP contribution in [0, 0.1) is 0 Å². The number of nitrogens with zero attached hydrogens (tertiary/aromatic N) is 2. The van der Waals surface area contributed by atoms with Gasteiger partial charge in [-0.2, -0.15) is 0 Å². The van der Waals surface area contributed by atoms with Crippen LogP contribution < -0.4 is 11.2 Å². The molecule has 5 nitrogen and oxygen atoms in total. The predicted octanol–water partition coefficient (Wildman–Crippen LogP) is 0.413. The molecule has 0 saturated carbocycles. The van der Waals surface area contributed by atoms with Crippen LogP contribution in [-0.2, 0) is 4.74 Å². The average Bonchev–Trinajstić information content (AvgIpc) is 2.47. The summed E-state index contributed by atoms with van der Waals surface area (Å²) in [6, 6.07) is 0. The third-order valence-electron chi connectivity index (χ3n) is 4.64. The largest absolute Gasteiger partial charge is 0.368 e. The third kappa shape index (κ3) is 2.95. The first-order chi connectivity index (χ1) is 8.70. The van der Waals surface area contributed by atoms with E-state index in [0.29, 0.717) is 6.54 Å². The van der Waals surface area contributed by atoms with Crippen LogP contribution >= 0.6 is 0 Å². The average molecular weight is 270 g/mol. The monoisotopic (exact) mass is 270 g/mol. The van der Waals surface area contributed by atoms with E-state index in [1.165, 1.54) is 0 Å². The smallest absolute Gasteiger partial charge is 0.0841 e. The van der Waals surface area contributed by atoms with Gasteiger partial charge in [-0.1, -0.05) is 0 Å². The molecule has 0 aromatic heterocycles. The molecule has 2 aliphatic heterocycles. The van der Waals surface area contributed by atoms with Gasteiger partial charge in [0.1, 0.15) is 0 Å². The fraction of sp³-hybridized carbons (Fsp3) is 1.00. The molecule has 1 unspecified atom stereocenters. The Hall–Kier alpha value is -0.200. The summed E-state index contributed by atoms with van der Waals surface area (Å²) in [5, 5.41) is 2.32. The molecule has 1 atom stereocenters. The Morgan fingerprint density at radius 1 is 1.11 bits per heavy atom. The second kappa shape index (κ2) is 4.97. The Morgan fingerprint density at radius 2 is 1.68 bits per heavy atom. The molecular weight excluding hydrogens is 240 g/mol. The standard InChI is InChI=1S/C14H30N4O/c1-12(2)10-14(11-15,13(3,4)19-12)16-18-8-6-17(5)7-9-18/h16H,6-11,15H2,1-5H3. The number of nitrogens with one attached hydrogen (secondary N) is 1. The number of piperazine rings is 1. The van der Waals surface area contributed by atoms with Crippen molar-refractivity contribution in [3.63, 3.8) is 0 Å². The zero-order valence-corrected chi connectivity index (χ0v) is 13.1. The van der Waals surface area contributed by atoms with Gasteiger partial charge in [0, 0.05) is 32.7 Å². The Morgan fingerprint density at radius 3 is 2.11 bits per heavy atom. The lowest BCUT2D eigenvalue weighted by Gasteiger charge is -2.45. The fourth-order valence-electron chi connectivity index (χ4n) is 3.52. The molecule has 2 aliphatic rings. The summed E-state index contributed by atoms with van der Waals surface area (Å²) in [6.45, 7) is 13.5. The molecule has 0 spiro atoms. The number of hydrogen-bond acceptors (Lipinski definition) is 5. The van der Waals surface area contributed by atoms with E-state index in [0.717, 1.165) is 32.6 Å². The quantitative estimate of drug-likeness (QED) is 0.778. The molecule has 2 saturated heterocycles. The molecule has 2 rings (SSSR count). The second-order valence-electron chi connectivity index (χ2n) is 7.24. The second-order valence-corrected chi connectivity index (χ2v) is 7.24. The van der Waals surface area contributed by atoms with E-state index < -0.39 is 0 Å². The van der Waals surface area contributed by atoms with Gasteiger partial charge in [0.2, 0.25) is 0 Å². The number of hydrazine groups is 1. The van der Waals surface area contributed by atoms with E-state index in [1.807, 2.05) is 0 Å². The maximum Gasteiger partial charge on any atom is 0.0841 e. The highest BCUT2D eigenvalue weighted by Gasteiger charge is 2.57. The van der Waals surface area contributed by atoms with E-state index >= 15 is 0 Å². The Balaban J connectivity index is 2.10. The highest BCUT2D eigenvalue weighted by molar-refractivity contribution is 5.11. The summed E-state index contributed by atoms with van der Waals surface area (Å²) in [6.07, 6.45) is 0.940. The molecule has 0 radical (unpaired) electrons. The van der Waals surface area contributed by atoms with Crippen LogP contribution in [0.3, 0.4) is 0 Å². The van der Waals surface area contributed by atoms with E-state index in [2.05, 4.69) is 50.1 Å². The molecule has 19 heavy (non-hydrogen) atoms. The Kier molecular flexibility index (Phi) is 3.97. The minimum atomic E-state index is -0.255. The van der Waals surface area contributed by atoms with Crippen molar-refractivity contribution in [1.29, 1.82) is 0 Å². The summed E-state index contributed by atoms with van der Waals surface area (Å²) in [4.78, 5) is 2.35. The van der Waals surface area contributed by atoms with Crippen molar-refractivity contribution < 1.29 is 4.74 Å². The third-order valence-corrected chi connectivity index (χ3v) is 4.64. The van der Waals surface area contributed by atoms with Crippen molar-refractivity contribution in [2.45, 2.75) is 50.9 Å². The van der Waals surface area contributed by atoms with Crippen LogP contribution in [0.1, 0.15) is 34.1 Å². The molecule has 2 heterocycles. The van der Waals surface area contributed by atoms with E-state index in [4.69, 9.17) is 10.5 Å². The van der Waals surface area contributed by atoms with E-state index in [-0.39, 0.29) is 16.7 Å². The van der Waals surface area contributed by atoms with Gasteiger partial charge in [-0.15, -0.1) is 0 Å². The van der Waals surface area contributed by atoms with Gasteiger partial charge in [0.15, 0.2) is 0 Å². The fourth-order valence-corrected chi connectivity index (χ4v) is 3.52. The van der Waals surface area contributed by atoms with Crippen LogP contribution in [0.25, 0.3) is 0 Å². The molecular formula is C14H30N4O. The van der Waals surface area contributed by atoms with E-state index in [9.17, 15) is 0 Å². The summed E-state index contributed by atoms with van der Waals surface area (Å²) in [5.74, 6) is 0. The van der Waals surface area contributed by atoms with Gasteiger partial charge in [0.25, 0.3) is 0 Å². The van der Waals surface area contributed by atoms with Crippen molar-refractivity contribution in [3.05, 3.63) is 0 Å². The first-order valence-corrected chi connectivity index (χ1v) is 7.31. The number of ether oxygens (including phenoxy) is 1. The molecule has 0 aromatic rings. The lowest BCUT2D eigenvalue weighted by molar-refractivity contribution is -0.0939. The molecule has 0 aliphatic carbocycles. The zero-order valence-electron chi connectivity index (χ0n) is 13.1. The minimum absolute atomic E-state index is 0.123. The van der Waals surface area contributed by atoms with Gasteiger partial charge in [-0.3, -0.25) is 0 Å². The summed E-state index contributed by atoms with van der Waals surface area (Å²) >= 11 is 0. The van der Waals surface area contributed by atoms with E-state index in [1.54, 1.807) is 0 Å². The summed E-state index contributed by atoms with van der Waals surface area (Å²) < 4.78 is 6.23. The number of nitrogens with two attached hydrogens (primary N) is 1. The highest BCUT2D eigenvalue weighted by Crippen LogP contribution is 2.44. The molecule has 2 fully saturated rings. The summed E-state index contributed by atoms with van der Waals surface area (Å²) in [7, 11) is 2.17. The molecule has 3 N–H and O–H groups in total. The number of likely N-dealkylation sites (N-methyl/N-ethyl adjacent to an activating group) is 1. The summed E-state index contributed by atoms with van der Waals surface area (Å²) in [5.41, 5.74) is 9.28. The molecule has 5 heteroatoms. The van der Waals surface area contributed by atoms with Gasteiger partial charge < -0.3 is 15.4 Å². The molecule has 0 aromatic carbocycles. The highest BCUT2D eigenvalue weighted by atomic mass is 16.5. The first-order valence-electron chi connectivity index (χ1n) is 7.31. The first kappa shape index (κ1) is 15.2. The van der Waals surface area contributed by atoms with Gasteiger partial charge >= 0.3 is 0 Å². The molecule has 0 bridgehead atoms. The topological polar surface area (TPSA) is 53.8 Å². The van der Waals surface area contributed by atoms with Crippen LogP contribution in [0.5, 0.6) is 0 Å². The van der Waals surface area contributed by atoms with Crippen molar-refractivity contribution in [2.24, 2.45) is 5.73 Å². The normalized spacial score (nSPS) is 35.7. The van der Waals surface area contributed by atoms with Crippen molar-refractivity contribution >= 4 is 0 Å². The van der Waals surface area contributed by atoms with Crippen LogP contribution in [-0.4, -0.2) is 66.4 Å². The maximum atomic E-state index is 6.23. The zero-order chi connectivity index (χ0) is 14.3. The van der Waals surface area contributed by atoms with Crippen LogP contribution in [0.15, 0.2) is 0 Å². The SMILES string of the molecule is CN1CCN(NC2(CN)CC(C)(C)OC2(C)C)CC1. The number of hydrogen-bond donors (Lipinski definition) is 2. The predicted molar refractivity (Wildman–Crippen MR) is 77.9 cm³/mol. The lowest BCUT2D eigenvalue weighted by Crippen LogP contribution is -2.68. The minimum Gasteiger partial charge on any atom is -0.368 e. The Bertz CT molecular complexity index is 323. The number of rotatable bonds is 3. The Labute approximate surface area is 117 Å². The van der Waals surface area contributed by atoms with Gasteiger partial charge in [0.05, 0.1) is 16.7 Å². The lowest BCUT2D eigenvalue weighted by atomic mass is 9.79. The van der Waals surface area contributed by atoms with Gasteiger partial charge in [-0.25, -0.2) is 10.4 Å². The van der Waals surface area contributed by atoms with Crippen molar-refractivity contribution in [2.75, 3.05) is 39.8 Å². The van der Waals surface area contributed by atoms with Gasteiger partial charge in [-0.05, 0) is 41.2 Å². The van der Waals surface area contributed by atoms with Crippen molar-refractivity contribution in [1.82, 2.24) is 15.3 Å². The molecule has 112 valence electrons.